The molecule has 1 saturated heterocycles. The van der Waals surface area contributed by atoms with Crippen LogP contribution < -0.4 is 4.74 Å². The standard InChI is InChI=1S/C15H20O8/c1-7-5-8(14(20)21-2)3-4-9(7)22-15-13(19)12(18)11(17)10(6-16)23-15/h3-5,10-13,15-19H,6H2,1-2H3/t10-,11-,12+,13-,15-/m1/s1. The van der Waals surface area contributed by atoms with Crippen LogP contribution >= 0.6 is 0 Å². The first-order chi connectivity index (χ1) is 10.9. The minimum atomic E-state index is -1.51. The molecule has 0 aromatic heterocycles. The van der Waals surface area contributed by atoms with E-state index in [9.17, 15) is 20.1 Å². The molecular weight excluding hydrogens is 308 g/mol. The molecule has 8 nitrogen and oxygen atoms in total. The lowest BCUT2D eigenvalue weighted by molar-refractivity contribution is -0.277. The molecule has 0 bridgehead atoms. The van der Waals surface area contributed by atoms with E-state index in [-0.39, 0.29) is 0 Å². The van der Waals surface area contributed by atoms with E-state index < -0.39 is 43.3 Å². The van der Waals surface area contributed by atoms with Gasteiger partial charge in [0.2, 0.25) is 6.29 Å². The fraction of sp³-hybridized carbons (Fsp3) is 0.533. The highest BCUT2D eigenvalue weighted by atomic mass is 16.7. The van der Waals surface area contributed by atoms with Crippen molar-refractivity contribution in [2.45, 2.75) is 37.6 Å². The highest BCUT2D eigenvalue weighted by Gasteiger charge is 2.44. The lowest BCUT2D eigenvalue weighted by Crippen LogP contribution is -2.60. The van der Waals surface area contributed by atoms with Gasteiger partial charge in [0.1, 0.15) is 30.2 Å². The highest BCUT2D eigenvalue weighted by molar-refractivity contribution is 5.89. The van der Waals surface area contributed by atoms with E-state index >= 15 is 0 Å². The summed E-state index contributed by atoms with van der Waals surface area (Å²) in [7, 11) is 1.27. The predicted molar refractivity (Wildman–Crippen MR) is 76.9 cm³/mol. The minimum absolute atomic E-state index is 0.321. The molecular formula is C15H20O8. The van der Waals surface area contributed by atoms with Crippen LogP contribution in [0.15, 0.2) is 18.2 Å². The largest absolute Gasteiger partial charge is 0.465 e. The van der Waals surface area contributed by atoms with E-state index in [1.807, 2.05) is 0 Å². The molecule has 1 aliphatic heterocycles. The van der Waals surface area contributed by atoms with Crippen molar-refractivity contribution in [1.82, 2.24) is 0 Å². The SMILES string of the molecule is COC(=O)c1ccc(O[C@@H]2O[C@H](CO)[C@@H](O)[C@H](O)[C@H]2O)c(C)c1. The average Bonchev–Trinajstić information content (AvgIpc) is 2.56. The Kier molecular flexibility index (Phi) is 5.55. The Bertz CT molecular complexity index is 558. The molecule has 0 amide bonds. The number of aliphatic hydroxyl groups excluding tert-OH is 4. The van der Waals surface area contributed by atoms with Gasteiger partial charge in [-0.15, -0.1) is 0 Å². The van der Waals surface area contributed by atoms with Crippen molar-refractivity contribution in [2.24, 2.45) is 0 Å². The van der Waals surface area contributed by atoms with Crippen LogP contribution in [-0.4, -0.2) is 70.8 Å². The van der Waals surface area contributed by atoms with Gasteiger partial charge in [-0.2, -0.15) is 0 Å². The molecule has 128 valence electrons. The monoisotopic (exact) mass is 328 g/mol. The second-order valence-corrected chi connectivity index (χ2v) is 5.29. The fourth-order valence-electron chi connectivity index (χ4n) is 2.32. The van der Waals surface area contributed by atoms with Gasteiger partial charge in [-0.3, -0.25) is 0 Å². The molecule has 1 aliphatic rings. The molecule has 0 saturated carbocycles. The van der Waals surface area contributed by atoms with Crippen LogP contribution in [0, 0.1) is 6.92 Å². The molecule has 0 spiro atoms. The summed E-state index contributed by atoms with van der Waals surface area (Å²) in [4.78, 5) is 11.5. The molecule has 0 radical (unpaired) electrons. The second kappa shape index (κ2) is 7.24. The Labute approximate surface area is 132 Å². The van der Waals surface area contributed by atoms with Crippen molar-refractivity contribution in [2.75, 3.05) is 13.7 Å². The molecule has 5 atom stereocenters. The van der Waals surface area contributed by atoms with Gasteiger partial charge in [-0.25, -0.2) is 4.79 Å². The number of carbonyl (C=O) groups excluding carboxylic acids is 1. The third-order valence-electron chi connectivity index (χ3n) is 3.69. The van der Waals surface area contributed by atoms with Crippen LogP contribution in [0.1, 0.15) is 15.9 Å². The lowest BCUT2D eigenvalue weighted by atomic mass is 9.99. The van der Waals surface area contributed by atoms with E-state index in [1.165, 1.54) is 19.2 Å². The van der Waals surface area contributed by atoms with Crippen LogP contribution in [0.4, 0.5) is 0 Å². The number of hydrogen-bond acceptors (Lipinski definition) is 8. The number of esters is 1. The summed E-state index contributed by atoms with van der Waals surface area (Å²) in [5, 5.41) is 38.5. The Hall–Kier alpha value is -1.71. The van der Waals surface area contributed by atoms with E-state index in [0.29, 0.717) is 16.9 Å². The van der Waals surface area contributed by atoms with Crippen molar-refractivity contribution in [3.8, 4) is 5.75 Å². The Morgan fingerprint density at radius 1 is 1.22 bits per heavy atom. The van der Waals surface area contributed by atoms with Gasteiger partial charge >= 0.3 is 5.97 Å². The highest BCUT2D eigenvalue weighted by Crippen LogP contribution is 2.27. The number of hydrogen-bond donors (Lipinski definition) is 4. The maximum atomic E-state index is 11.5. The Morgan fingerprint density at radius 2 is 1.91 bits per heavy atom. The maximum Gasteiger partial charge on any atom is 0.337 e. The summed E-state index contributed by atoms with van der Waals surface area (Å²) in [6, 6.07) is 4.53. The van der Waals surface area contributed by atoms with Crippen LogP contribution in [0.25, 0.3) is 0 Å². The van der Waals surface area contributed by atoms with Crippen molar-refractivity contribution in [3.05, 3.63) is 29.3 Å². The molecule has 0 unspecified atom stereocenters. The molecule has 2 rings (SSSR count). The zero-order chi connectivity index (χ0) is 17.1. The normalized spacial score (nSPS) is 30.8. The molecule has 23 heavy (non-hydrogen) atoms. The van der Waals surface area contributed by atoms with Gasteiger partial charge in [0.25, 0.3) is 0 Å². The summed E-state index contributed by atoms with van der Waals surface area (Å²) >= 11 is 0. The molecule has 8 heteroatoms. The summed E-state index contributed by atoms with van der Waals surface area (Å²) < 4.78 is 15.4. The van der Waals surface area contributed by atoms with E-state index in [1.54, 1.807) is 13.0 Å². The van der Waals surface area contributed by atoms with Gasteiger partial charge in [0.05, 0.1) is 19.3 Å². The van der Waals surface area contributed by atoms with Crippen molar-refractivity contribution < 1.29 is 39.4 Å². The van der Waals surface area contributed by atoms with Crippen LogP contribution in [0.3, 0.4) is 0 Å². The Morgan fingerprint density at radius 3 is 2.48 bits per heavy atom. The Balaban J connectivity index is 2.16. The minimum Gasteiger partial charge on any atom is -0.465 e. The van der Waals surface area contributed by atoms with Crippen LogP contribution in [0.5, 0.6) is 5.75 Å². The van der Waals surface area contributed by atoms with Gasteiger partial charge in [-0.05, 0) is 30.7 Å². The maximum absolute atomic E-state index is 11.5. The summed E-state index contributed by atoms with van der Waals surface area (Å²) in [6.07, 6.45) is -6.77. The van der Waals surface area contributed by atoms with Gasteiger partial charge in [0, 0.05) is 0 Å². The fourth-order valence-corrected chi connectivity index (χ4v) is 2.32. The zero-order valence-corrected chi connectivity index (χ0v) is 12.7. The quantitative estimate of drug-likeness (QED) is 0.517. The van der Waals surface area contributed by atoms with Crippen LogP contribution in [0.2, 0.25) is 0 Å². The number of aryl methyl sites for hydroxylation is 1. The number of aliphatic hydroxyl groups is 4. The summed E-state index contributed by atoms with van der Waals surface area (Å²) in [5.41, 5.74) is 0.927. The van der Waals surface area contributed by atoms with E-state index in [2.05, 4.69) is 4.74 Å². The number of carbonyl (C=O) groups is 1. The number of benzene rings is 1. The first kappa shape index (κ1) is 17.6. The summed E-state index contributed by atoms with van der Waals surface area (Å²) in [5.74, 6) is -0.172. The average molecular weight is 328 g/mol. The topological polar surface area (TPSA) is 126 Å². The first-order valence-corrected chi connectivity index (χ1v) is 7.05. The van der Waals surface area contributed by atoms with Gasteiger partial charge < -0.3 is 34.6 Å². The third-order valence-corrected chi connectivity index (χ3v) is 3.69. The zero-order valence-electron chi connectivity index (χ0n) is 12.7. The van der Waals surface area contributed by atoms with E-state index in [4.69, 9.17) is 14.6 Å². The molecule has 0 aliphatic carbocycles. The van der Waals surface area contributed by atoms with E-state index in [0.717, 1.165) is 0 Å². The van der Waals surface area contributed by atoms with Gasteiger partial charge in [0.15, 0.2) is 0 Å². The van der Waals surface area contributed by atoms with Crippen molar-refractivity contribution >= 4 is 5.97 Å². The summed E-state index contributed by atoms with van der Waals surface area (Å²) in [6.45, 7) is 1.15. The molecule has 1 heterocycles. The van der Waals surface area contributed by atoms with Crippen LogP contribution in [-0.2, 0) is 9.47 Å². The number of rotatable bonds is 4. The van der Waals surface area contributed by atoms with Gasteiger partial charge in [-0.1, -0.05) is 0 Å². The number of ether oxygens (including phenoxy) is 3. The molecule has 1 aromatic carbocycles. The lowest BCUT2D eigenvalue weighted by Gasteiger charge is -2.39. The molecule has 1 aromatic rings. The van der Waals surface area contributed by atoms with Crippen molar-refractivity contribution in [1.29, 1.82) is 0 Å². The van der Waals surface area contributed by atoms with Crippen molar-refractivity contribution in [3.63, 3.8) is 0 Å². The number of methoxy groups -OCH3 is 1. The molecule has 4 N–H and O–H groups in total. The third kappa shape index (κ3) is 3.62. The first-order valence-electron chi connectivity index (χ1n) is 7.05. The molecule has 1 fully saturated rings. The smallest absolute Gasteiger partial charge is 0.337 e. The predicted octanol–water partition coefficient (Wildman–Crippen LogP) is -1.04. The second-order valence-electron chi connectivity index (χ2n) is 5.29.